The van der Waals surface area contributed by atoms with E-state index in [0.29, 0.717) is 48.8 Å². The molecule has 3 amide bonds. The van der Waals surface area contributed by atoms with Gasteiger partial charge in [-0.2, -0.15) is 10.4 Å². The van der Waals surface area contributed by atoms with Gasteiger partial charge in [0.1, 0.15) is 6.07 Å². The van der Waals surface area contributed by atoms with E-state index in [1.54, 1.807) is 21.7 Å². The second-order valence-electron chi connectivity index (χ2n) is 10.4. The number of pyridine rings is 1. The highest BCUT2D eigenvalue weighted by Crippen LogP contribution is 2.27. The minimum atomic E-state index is -0.171. The monoisotopic (exact) mass is 530 g/mol. The number of rotatable bonds is 6. The first kappa shape index (κ1) is 26.4. The fraction of sp³-hybridized carbons (Fsp3) is 0.464. The molecule has 11 nitrogen and oxygen atoms in total. The molecule has 39 heavy (non-hydrogen) atoms. The summed E-state index contributed by atoms with van der Waals surface area (Å²) in [6.45, 7) is 6.44. The first-order valence-electron chi connectivity index (χ1n) is 13.5. The van der Waals surface area contributed by atoms with E-state index in [1.807, 2.05) is 32.0 Å². The lowest BCUT2D eigenvalue weighted by atomic mass is 9.91. The molecule has 0 radical (unpaired) electrons. The Bertz CT molecular complexity index is 1380. The molecule has 5 rings (SSSR count). The van der Waals surface area contributed by atoms with Gasteiger partial charge in [-0.1, -0.05) is 0 Å². The summed E-state index contributed by atoms with van der Waals surface area (Å²) >= 11 is 0. The number of carbonyl (C=O) groups is 2. The van der Waals surface area contributed by atoms with Gasteiger partial charge in [-0.3, -0.25) is 9.78 Å². The minimum Gasteiger partial charge on any atom is -0.382 e. The lowest BCUT2D eigenvalue weighted by Crippen LogP contribution is -2.51. The molecular weight excluding hydrogens is 496 g/mol. The summed E-state index contributed by atoms with van der Waals surface area (Å²) in [5, 5.41) is 23.2. The molecule has 204 valence electrons. The van der Waals surface area contributed by atoms with E-state index in [-0.39, 0.29) is 30.1 Å². The number of carbonyl (C=O) groups excluding carboxylic acids is 2. The number of nitrogens with zero attached hydrogens (tertiary/aromatic N) is 5. The van der Waals surface area contributed by atoms with Gasteiger partial charge in [0.2, 0.25) is 0 Å². The Hall–Kier alpha value is -4.17. The number of hydrogen-bond acceptors (Lipinski definition) is 7. The van der Waals surface area contributed by atoms with Crippen LogP contribution in [-0.4, -0.2) is 75.9 Å². The van der Waals surface area contributed by atoms with Gasteiger partial charge in [0.15, 0.2) is 0 Å². The van der Waals surface area contributed by atoms with E-state index in [0.717, 1.165) is 36.9 Å². The largest absolute Gasteiger partial charge is 0.382 e. The first-order chi connectivity index (χ1) is 18.9. The molecule has 1 aliphatic carbocycles. The smallest absolute Gasteiger partial charge is 0.317 e. The van der Waals surface area contributed by atoms with Gasteiger partial charge in [-0.25, -0.2) is 9.31 Å². The van der Waals surface area contributed by atoms with Crippen LogP contribution in [0.3, 0.4) is 0 Å². The fourth-order valence-corrected chi connectivity index (χ4v) is 5.14. The first-order valence-corrected chi connectivity index (χ1v) is 13.5. The van der Waals surface area contributed by atoms with Gasteiger partial charge < -0.3 is 25.6 Å². The average molecular weight is 531 g/mol. The van der Waals surface area contributed by atoms with Crippen LogP contribution in [0.15, 0.2) is 36.7 Å². The Balaban J connectivity index is 1.25. The highest BCUT2D eigenvalue weighted by Gasteiger charge is 2.27. The minimum absolute atomic E-state index is 0.0298. The Kier molecular flexibility index (Phi) is 7.93. The summed E-state index contributed by atoms with van der Waals surface area (Å²) in [6, 6.07) is 9.77. The van der Waals surface area contributed by atoms with Crippen LogP contribution >= 0.6 is 0 Å². The number of nitriles is 1. The molecule has 0 spiro atoms. The van der Waals surface area contributed by atoms with Crippen molar-refractivity contribution in [3.63, 3.8) is 0 Å². The number of nitrogens with one attached hydrogen (secondary N) is 3. The van der Waals surface area contributed by atoms with Gasteiger partial charge in [0.05, 0.1) is 53.1 Å². The highest BCUT2D eigenvalue weighted by atomic mass is 16.5. The van der Waals surface area contributed by atoms with Crippen LogP contribution in [0.25, 0.3) is 16.9 Å². The van der Waals surface area contributed by atoms with Crippen molar-refractivity contribution < 1.29 is 14.3 Å². The Labute approximate surface area is 227 Å². The Morgan fingerprint density at radius 2 is 1.77 bits per heavy atom. The second kappa shape index (κ2) is 11.7. The van der Waals surface area contributed by atoms with Gasteiger partial charge in [-0.15, -0.1) is 0 Å². The molecule has 0 unspecified atom stereocenters. The molecule has 11 heteroatoms. The molecule has 0 aromatic carbocycles. The zero-order valence-electron chi connectivity index (χ0n) is 22.3. The van der Waals surface area contributed by atoms with Crippen molar-refractivity contribution in [2.75, 3.05) is 31.6 Å². The van der Waals surface area contributed by atoms with Crippen LogP contribution in [0.4, 0.5) is 10.5 Å². The number of ether oxygens (including phenoxy) is 1. The third-order valence-corrected chi connectivity index (χ3v) is 7.17. The zero-order chi connectivity index (χ0) is 27.4. The fourth-order valence-electron chi connectivity index (χ4n) is 5.14. The normalized spacial score (nSPS) is 19.5. The lowest BCUT2D eigenvalue weighted by Gasteiger charge is -2.33. The van der Waals surface area contributed by atoms with Crippen molar-refractivity contribution >= 4 is 23.1 Å². The Morgan fingerprint density at radius 1 is 1.05 bits per heavy atom. The quantitative estimate of drug-likeness (QED) is 0.445. The van der Waals surface area contributed by atoms with Crippen LogP contribution < -0.4 is 16.0 Å². The molecule has 3 N–H and O–H groups in total. The summed E-state index contributed by atoms with van der Waals surface area (Å²) in [5.41, 5.74) is 3.90. The summed E-state index contributed by atoms with van der Waals surface area (Å²) in [6.07, 6.45) is 6.35. The number of fused-ring (bicyclic) bond motifs is 1. The summed E-state index contributed by atoms with van der Waals surface area (Å²) < 4.78 is 7.06. The molecule has 1 saturated carbocycles. The van der Waals surface area contributed by atoms with Crippen molar-refractivity contribution in [2.24, 2.45) is 0 Å². The van der Waals surface area contributed by atoms with Crippen LogP contribution in [0.1, 0.15) is 55.5 Å². The third-order valence-electron chi connectivity index (χ3n) is 7.17. The van der Waals surface area contributed by atoms with E-state index in [4.69, 9.17) is 10.00 Å². The van der Waals surface area contributed by atoms with Gasteiger partial charge >= 0.3 is 6.03 Å². The number of urea groups is 1. The summed E-state index contributed by atoms with van der Waals surface area (Å²) in [4.78, 5) is 32.2. The van der Waals surface area contributed by atoms with E-state index >= 15 is 0 Å². The van der Waals surface area contributed by atoms with E-state index in [2.05, 4.69) is 32.1 Å². The van der Waals surface area contributed by atoms with Gasteiger partial charge in [0, 0.05) is 37.4 Å². The average Bonchev–Trinajstić information content (AvgIpc) is 3.37. The maximum absolute atomic E-state index is 13.3. The van der Waals surface area contributed by atoms with Crippen LogP contribution in [0.2, 0.25) is 0 Å². The van der Waals surface area contributed by atoms with E-state index in [1.165, 1.54) is 6.20 Å². The molecule has 3 aromatic heterocycles. The van der Waals surface area contributed by atoms with Gasteiger partial charge in [0.25, 0.3) is 5.91 Å². The molecule has 0 bridgehead atoms. The number of morpholine rings is 1. The third kappa shape index (κ3) is 6.12. The topological polar surface area (TPSA) is 137 Å². The molecular formula is C28H34N8O3. The maximum atomic E-state index is 13.3. The predicted octanol–water partition coefficient (Wildman–Crippen LogP) is 3.17. The van der Waals surface area contributed by atoms with Crippen molar-refractivity contribution in [1.82, 2.24) is 30.1 Å². The summed E-state index contributed by atoms with van der Waals surface area (Å²) in [7, 11) is 0. The second-order valence-corrected chi connectivity index (χ2v) is 10.4. The standard InChI is InChI=1S/C28H34N8O3/c1-18(2)32-24-14-25(26-8-7-22-13-19(15-29)16-31-36(22)26)30-17-23(24)27(37)33-20-3-5-21(6-4-20)34-28(38)35-9-11-39-12-10-35/h7-8,13-14,16-18,20-21H,3-6,9-12H2,1-2H3,(H,30,32)(H,33,37)(H,34,38). The lowest BCUT2D eigenvalue weighted by molar-refractivity contribution is 0.0520. The summed E-state index contributed by atoms with van der Waals surface area (Å²) in [5.74, 6) is -0.171. The molecule has 1 aliphatic heterocycles. The van der Waals surface area contributed by atoms with Crippen LogP contribution in [0, 0.1) is 11.3 Å². The number of anilines is 1. The van der Waals surface area contributed by atoms with Gasteiger partial charge in [-0.05, 0) is 63.8 Å². The predicted molar refractivity (Wildman–Crippen MR) is 146 cm³/mol. The molecule has 2 fully saturated rings. The van der Waals surface area contributed by atoms with Crippen molar-refractivity contribution in [3.8, 4) is 17.5 Å². The van der Waals surface area contributed by atoms with Crippen molar-refractivity contribution in [1.29, 1.82) is 5.26 Å². The van der Waals surface area contributed by atoms with E-state index < -0.39 is 0 Å². The maximum Gasteiger partial charge on any atom is 0.317 e. The SMILES string of the molecule is CC(C)Nc1cc(-c2ccc3cc(C#N)cnn23)ncc1C(=O)NC1CCC(NC(=O)N2CCOCC2)CC1. The Morgan fingerprint density at radius 3 is 2.46 bits per heavy atom. The van der Waals surface area contributed by atoms with E-state index in [9.17, 15) is 9.59 Å². The number of aromatic nitrogens is 3. The van der Waals surface area contributed by atoms with Crippen molar-refractivity contribution in [3.05, 3.63) is 47.8 Å². The zero-order valence-corrected chi connectivity index (χ0v) is 22.3. The van der Waals surface area contributed by atoms with Crippen LogP contribution in [-0.2, 0) is 4.74 Å². The molecule has 3 aromatic rings. The highest BCUT2D eigenvalue weighted by molar-refractivity contribution is 6.00. The van der Waals surface area contributed by atoms with Crippen molar-refractivity contribution in [2.45, 2.75) is 57.7 Å². The number of amides is 3. The van der Waals surface area contributed by atoms with Crippen LogP contribution in [0.5, 0.6) is 0 Å². The molecule has 2 aliphatic rings. The molecule has 4 heterocycles. The molecule has 0 atom stereocenters. The number of hydrogen-bond donors (Lipinski definition) is 3. The molecule has 1 saturated heterocycles.